The molecule has 0 aliphatic heterocycles. The maximum absolute atomic E-state index is 5.43. The van der Waals surface area contributed by atoms with Crippen LogP contribution in [0.1, 0.15) is 0 Å². The summed E-state index contributed by atoms with van der Waals surface area (Å²) in [5.74, 6) is 1.74. The molecule has 0 atom stereocenters. The van der Waals surface area contributed by atoms with Crippen molar-refractivity contribution in [2.75, 3.05) is 21.3 Å². The first-order chi connectivity index (χ1) is 13.1. The summed E-state index contributed by atoms with van der Waals surface area (Å²) in [6, 6.07) is 11.8. The Hall–Kier alpha value is -2.58. The summed E-state index contributed by atoms with van der Waals surface area (Å²) < 4.78 is 19.1. The predicted octanol–water partition coefficient (Wildman–Crippen LogP) is 4.91. The fraction of sp³-hybridized carbons (Fsp3) is 0.158. The number of imidazole rings is 1. The van der Waals surface area contributed by atoms with Crippen LogP contribution in [0.3, 0.4) is 0 Å². The Morgan fingerprint density at radius 3 is 2.15 bits per heavy atom. The minimum Gasteiger partial charge on any atom is -0.493 e. The first-order valence-corrected chi connectivity index (χ1v) is 9.66. The van der Waals surface area contributed by atoms with Gasteiger partial charge in [0.25, 0.3) is 0 Å². The maximum Gasteiger partial charge on any atom is 0.213 e. The summed E-state index contributed by atoms with van der Waals surface area (Å²) in [4.78, 5) is 5.51. The molecule has 0 aliphatic rings. The topological polar surface area (TPSA) is 57.9 Å². The number of ether oxygens (including phenoxy) is 3. The first-order valence-electron chi connectivity index (χ1n) is 8.05. The Bertz CT molecular complexity index is 1050. The van der Waals surface area contributed by atoms with E-state index in [0.29, 0.717) is 17.2 Å². The molecule has 4 rings (SSSR count). The first kappa shape index (κ1) is 17.8. The van der Waals surface area contributed by atoms with Gasteiger partial charge in [0.2, 0.25) is 10.7 Å². The molecule has 0 bridgehead atoms. The standard InChI is InChI=1S/C19H16BrN3O3S/c1-24-15-8-12(9-16(25-2)17(15)26-3)18-22-23-10-14(21-19(23)27-18)11-4-6-13(20)7-5-11/h4-10H,1-3H3. The number of aromatic nitrogens is 3. The Kier molecular flexibility index (Phi) is 4.75. The third kappa shape index (κ3) is 3.26. The SMILES string of the molecule is COc1cc(-c2nn3cc(-c4ccc(Br)cc4)nc3s2)cc(OC)c1OC. The van der Waals surface area contributed by atoms with E-state index < -0.39 is 0 Å². The van der Waals surface area contributed by atoms with Crippen molar-refractivity contribution in [2.45, 2.75) is 0 Å². The van der Waals surface area contributed by atoms with Gasteiger partial charge in [-0.05, 0) is 24.3 Å². The molecule has 0 aliphatic carbocycles. The lowest BCUT2D eigenvalue weighted by atomic mass is 10.2. The highest BCUT2D eigenvalue weighted by Crippen LogP contribution is 2.42. The van der Waals surface area contributed by atoms with Crippen molar-refractivity contribution in [1.82, 2.24) is 14.6 Å². The predicted molar refractivity (Wildman–Crippen MR) is 109 cm³/mol. The van der Waals surface area contributed by atoms with Crippen LogP contribution in [-0.2, 0) is 0 Å². The summed E-state index contributed by atoms with van der Waals surface area (Å²) in [5, 5.41) is 5.48. The largest absolute Gasteiger partial charge is 0.493 e. The van der Waals surface area contributed by atoms with E-state index in [-0.39, 0.29) is 0 Å². The molecule has 2 aromatic heterocycles. The zero-order valence-corrected chi connectivity index (χ0v) is 17.3. The number of benzene rings is 2. The summed E-state index contributed by atoms with van der Waals surface area (Å²) in [5.41, 5.74) is 2.81. The number of methoxy groups -OCH3 is 3. The van der Waals surface area contributed by atoms with Gasteiger partial charge in [-0.1, -0.05) is 39.4 Å². The van der Waals surface area contributed by atoms with E-state index in [4.69, 9.17) is 19.2 Å². The average Bonchev–Trinajstić information content (AvgIpc) is 3.26. The van der Waals surface area contributed by atoms with E-state index in [1.807, 2.05) is 42.6 Å². The Morgan fingerprint density at radius 1 is 0.926 bits per heavy atom. The maximum atomic E-state index is 5.43. The second-order valence-electron chi connectivity index (χ2n) is 5.68. The molecular weight excluding hydrogens is 430 g/mol. The van der Waals surface area contributed by atoms with Crippen LogP contribution in [0.5, 0.6) is 17.2 Å². The highest BCUT2D eigenvalue weighted by Gasteiger charge is 2.17. The lowest BCUT2D eigenvalue weighted by molar-refractivity contribution is 0.324. The molecule has 2 heterocycles. The zero-order valence-electron chi connectivity index (χ0n) is 14.9. The molecule has 0 saturated heterocycles. The van der Waals surface area contributed by atoms with Crippen molar-refractivity contribution in [3.05, 3.63) is 47.1 Å². The molecule has 0 unspecified atom stereocenters. The molecule has 138 valence electrons. The summed E-state index contributed by atoms with van der Waals surface area (Å²) in [6.07, 6.45) is 1.93. The Balaban J connectivity index is 1.75. The van der Waals surface area contributed by atoms with Crippen LogP contribution in [0.2, 0.25) is 0 Å². The second kappa shape index (κ2) is 7.21. The molecular formula is C19H16BrN3O3S. The van der Waals surface area contributed by atoms with Gasteiger partial charge in [-0.2, -0.15) is 5.10 Å². The Labute approximate surface area is 168 Å². The highest BCUT2D eigenvalue weighted by molar-refractivity contribution is 9.10. The molecule has 0 radical (unpaired) electrons. The van der Waals surface area contributed by atoms with Crippen LogP contribution in [0, 0.1) is 0 Å². The molecule has 4 aromatic rings. The van der Waals surface area contributed by atoms with Crippen molar-refractivity contribution in [3.8, 4) is 39.1 Å². The molecule has 0 saturated carbocycles. The number of hydrogen-bond acceptors (Lipinski definition) is 6. The molecule has 0 spiro atoms. The van der Waals surface area contributed by atoms with Crippen molar-refractivity contribution >= 4 is 32.2 Å². The lowest BCUT2D eigenvalue weighted by Crippen LogP contribution is -1.95. The number of nitrogens with zero attached hydrogens (tertiary/aromatic N) is 3. The van der Waals surface area contributed by atoms with Gasteiger partial charge >= 0.3 is 0 Å². The third-order valence-corrected chi connectivity index (χ3v) is 5.60. The van der Waals surface area contributed by atoms with Crippen LogP contribution in [0.15, 0.2) is 47.1 Å². The zero-order chi connectivity index (χ0) is 19.0. The minimum atomic E-state index is 0.558. The van der Waals surface area contributed by atoms with E-state index in [0.717, 1.165) is 31.3 Å². The van der Waals surface area contributed by atoms with E-state index in [1.54, 1.807) is 25.8 Å². The fourth-order valence-corrected chi connectivity index (χ4v) is 3.91. The van der Waals surface area contributed by atoms with E-state index in [9.17, 15) is 0 Å². The van der Waals surface area contributed by atoms with Gasteiger partial charge in [-0.25, -0.2) is 9.50 Å². The smallest absolute Gasteiger partial charge is 0.213 e. The number of halogens is 1. The van der Waals surface area contributed by atoms with Gasteiger partial charge in [0, 0.05) is 15.6 Å². The highest BCUT2D eigenvalue weighted by atomic mass is 79.9. The van der Waals surface area contributed by atoms with Crippen molar-refractivity contribution in [2.24, 2.45) is 0 Å². The average molecular weight is 446 g/mol. The summed E-state index contributed by atoms with van der Waals surface area (Å²) >= 11 is 4.95. The lowest BCUT2D eigenvalue weighted by Gasteiger charge is -2.13. The third-order valence-electron chi connectivity index (χ3n) is 4.09. The van der Waals surface area contributed by atoms with Crippen molar-refractivity contribution < 1.29 is 14.2 Å². The number of hydrogen-bond donors (Lipinski definition) is 0. The number of rotatable bonds is 5. The van der Waals surface area contributed by atoms with E-state index in [1.165, 1.54) is 11.3 Å². The summed E-state index contributed by atoms with van der Waals surface area (Å²) in [7, 11) is 4.78. The van der Waals surface area contributed by atoms with Gasteiger partial charge < -0.3 is 14.2 Å². The normalized spacial score (nSPS) is 11.0. The van der Waals surface area contributed by atoms with Gasteiger partial charge in [0.1, 0.15) is 5.01 Å². The van der Waals surface area contributed by atoms with Crippen LogP contribution in [0.25, 0.3) is 26.8 Å². The van der Waals surface area contributed by atoms with Gasteiger partial charge in [0.05, 0.1) is 33.2 Å². The van der Waals surface area contributed by atoms with Gasteiger partial charge in [-0.15, -0.1) is 0 Å². The number of fused-ring (bicyclic) bond motifs is 1. The van der Waals surface area contributed by atoms with Crippen LogP contribution >= 0.6 is 27.3 Å². The van der Waals surface area contributed by atoms with E-state index >= 15 is 0 Å². The molecule has 2 aromatic carbocycles. The quantitative estimate of drug-likeness (QED) is 0.436. The molecule has 27 heavy (non-hydrogen) atoms. The van der Waals surface area contributed by atoms with E-state index in [2.05, 4.69) is 21.0 Å². The molecule has 6 nitrogen and oxygen atoms in total. The Morgan fingerprint density at radius 2 is 1.59 bits per heavy atom. The monoisotopic (exact) mass is 445 g/mol. The fourth-order valence-electron chi connectivity index (χ4n) is 2.78. The van der Waals surface area contributed by atoms with Crippen LogP contribution in [0.4, 0.5) is 0 Å². The van der Waals surface area contributed by atoms with Crippen LogP contribution in [-0.4, -0.2) is 35.9 Å². The molecule has 8 heteroatoms. The van der Waals surface area contributed by atoms with Gasteiger partial charge in [0.15, 0.2) is 11.5 Å². The minimum absolute atomic E-state index is 0.558. The van der Waals surface area contributed by atoms with Crippen LogP contribution < -0.4 is 14.2 Å². The van der Waals surface area contributed by atoms with Crippen molar-refractivity contribution in [3.63, 3.8) is 0 Å². The molecule has 0 N–H and O–H groups in total. The summed E-state index contributed by atoms with van der Waals surface area (Å²) in [6.45, 7) is 0. The van der Waals surface area contributed by atoms with Crippen molar-refractivity contribution in [1.29, 1.82) is 0 Å². The molecule has 0 amide bonds. The van der Waals surface area contributed by atoms with Gasteiger partial charge in [-0.3, -0.25) is 0 Å². The molecule has 0 fully saturated rings. The second-order valence-corrected chi connectivity index (χ2v) is 7.55.